The molecule has 1 aliphatic rings. The zero-order valence-electron chi connectivity index (χ0n) is 8.18. The summed E-state index contributed by atoms with van der Waals surface area (Å²) in [7, 11) is 0. The first-order chi connectivity index (χ1) is 7.38. The van der Waals surface area contributed by atoms with Crippen molar-refractivity contribution in [2.24, 2.45) is 4.99 Å². The third-order valence-electron chi connectivity index (χ3n) is 2.45. The Morgan fingerprint density at radius 3 is 2.62 bits per heavy atom. The van der Waals surface area contributed by atoms with Gasteiger partial charge in [0.1, 0.15) is 5.69 Å². The number of rotatable bonds is 0. The lowest BCUT2D eigenvalue weighted by molar-refractivity contribution is -0.00000315. The molecule has 0 spiro atoms. The zero-order valence-corrected chi connectivity index (χ0v) is 8.94. The van der Waals surface area contributed by atoms with E-state index in [-0.39, 0.29) is 18.4 Å². The molecule has 2 aromatic carbocycles. The molecule has 1 aliphatic heterocycles. The Hall–Kier alpha value is -2.12. The summed E-state index contributed by atoms with van der Waals surface area (Å²) in [5.74, 6) is 0.223. The predicted octanol–water partition coefficient (Wildman–Crippen LogP) is 0.110. The SMILES string of the molecule is N#[N+]C1=Nc2cccc3cccc(c23)N1.[Cl-]. The van der Waals surface area contributed by atoms with Crippen molar-refractivity contribution >= 4 is 28.1 Å². The average molecular weight is 231 g/mol. The van der Waals surface area contributed by atoms with Crippen LogP contribution in [0.4, 0.5) is 11.4 Å². The van der Waals surface area contributed by atoms with Crippen LogP contribution in [-0.2, 0) is 0 Å². The van der Waals surface area contributed by atoms with Crippen molar-refractivity contribution in [3.63, 3.8) is 0 Å². The van der Waals surface area contributed by atoms with Gasteiger partial charge in [0.15, 0.2) is 5.69 Å². The van der Waals surface area contributed by atoms with Gasteiger partial charge in [-0.3, -0.25) is 0 Å². The molecule has 5 heteroatoms. The summed E-state index contributed by atoms with van der Waals surface area (Å²) < 4.78 is 0. The summed E-state index contributed by atoms with van der Waals surface area (Å²) >= 11 is 0. The van der Waals surface area contributed by atoms with Crippen LogP contribution in [0.2, 0.25) is 0 Å². The summed E-state index contributed by atoms with van der Waals surface area (Å²) in [5, 5.41) is 13.8. The Kier molecular flexibility index (Phi) is 2.47. The highest BCUT2D eigenvalue weighted by molar-refractivity contribution is 6.15. The minimum Gasteiger partial charge on any atom is -1.00 e. The van der Waals surface area contributed by atoms with E-state index in [2.05, 4.69) is 15.3 Å². The third-order valence-corrected chi connectivity index (χ3v) is 2.45. The van der Waals surface area contributed by atoms with Gasteiger partial charge in [-0.2, -0.15) is 0 Å². The van der Waals surface area contributed by atoms with Gasteiger partial charge in [0.2, 0.25) is 0 Å². The normalized spacial score (nSPS) is 12.1. The summed E-state index contributed by atoms with van der Waals surface area (Å²) in [4.78, 5) is 7.24. The topological polar surface area (TPSA) is 52.5 Å². The van der Waals surface area contributed by atoms with Crippen molar-refractivity contribution in [1.82, 2.24) is 0 Å². The van der Waals surface area contributed by atoms with Gasteiger partial charge in [0, 0.05) is 0 Å². The molecule has 0 saturated carbocycles. The molecule has 3 rings (SSSR count). The standard InChI is InChI=1S/C11H7N4.ClH/c12-15-11-13-8-5-1-3-7-4-2-6-9(14-11)10(7)8;/h1-6H,(H,13,14);1H/q+1;/p-1. The number of nitrogens with zero attached hydrogens (tertiary/aromatic N) is 3. The minimum atomic E-state index is 0. The zero-order chi connectivity index (χ0) is 10.3. The van der Waals surface area contributed by atoms with Crippen LogP contribution in [0.3, 0.4) is 0 Å². The number of diazo groups is 1. The van der Waals surface area contributed by atoms with Crippen molar-refractivity contribution < 1.29 is 12.4 Å². The second-order valence-electron chi connectivity index (χ2n) is 3.34. The van der Waals surface area contributed by atoms with Crippen LogP contribution in [0.5, 0.6) is 0 Å². The molecular formula is C11H7ClN4. The highest BCUT2D eigenvalue weighted by atomic mass is 35.5. The number of anilines is 1. The van der Waals surface area contributed by atoms with Crippen LogP contribution < -0.4 is 17.7 Å². The van der Waals surface area contributed by atoms with Gasteiger partial charge in [0.05, 0.1) is 10.8 Å². The third kappa shape index (κ3) is 1.38. The maximum absolute atomic E-state index is 8.70. The molecule has 0 amide bonds. The van der Waals surface area contributed by atoms with E-state index in [1.807, 2.05) is 36.4 Å². The van der Waals surface area contributed by atoms with Crippen LogP contribution in [0.25, 0.3) is 15.7 Å². The fraction of sp³-hybridized carbons (Fsp3) is 0. The molecule has 0 atom stereocenters. The van der Waals surface area contributed by atoms with Crippen molar-refractivity contribution in [1.29, 1.82) is 5.39 Å². The second-order valence-corrected chi connectivity index (χ2v) is 3.34. The summed E-state index contributed by atoms with van der Waals surface area (Å²) in [5.41, 5.74) is 1.75. The lowest BCUT2D eigenvalue weighted by Gasteiger charge is -2.07. The van der Waals surface area contributed by atoms with Crippen LogP contribution >= 0.6 is 0 Å². The minimum absolute atomic E-state index is 0. The summed E-state index contributed by atoms with van der Waals surface area (Å²) in [6.45, 7) is 0. The largest absolute Gasteiger partial charge is 1.00 e. The molecule has 1 N–H and O–H groups in total. The van der Waals surface area contributed by atoms with Gasteiger partial charge in [-0.1, -0.05) is 29.3 Å². The van der Waals surface area contributed by atoms with Gasteiger partial charge in [-0.15, -0.1) is 0 Å². The molecular weight excluding hydrogens is 224 g/mol. The number of aliphatic imine (C=N–C) groups is 1. The molecule has 0 unspecified atom stereocenters. The molecule has 0 bridgehead atoms. The van der Waals surface area contributed by atoms with E-state index >= 15 is 0 Å². The summed E-state index contributed by atoms with van der Waals surface area (Å²) in [6, 6.07) is 11.8. The van der Waals surface area contributed by atoms with Crippen molar-refractivity contribution in [3.05, 3.63) is 41.4 Å². The van der Waals surface area contributed by atoms with Crippen molar-refractivity contribution in [2.75, 3.05) is 5.32 Å². The molecule has 0 aromatic heterocycles. The van der Waals surface area contributed by atoms with E-state index in [0.29, 0.717) is 0 Å². The molecule has 0 aliphatic carbocycles. The van der Waals surface area contributed by atoms with Gasteiger partial charge < -0.3 is 12.4 Å². The number of guanidine groups is 1. The Morgan fingerprint density at radius 1 is 1.12 bits per heavy atom. The molecule has 4 nitrogen and oxygen atoms in total. The van der Waals surface area contributed by atoms with E-state index < -0.39 is 0 Å². The molecule has 0 saturated heterocycles. The Labute approximate surface area is 98.0 Å². The highest BCUT2D eigenvalue weighted by Gasteiger charge is 2.22. The second kappa shape index (κ2) is 3.80. The number of nitrogens with one attached hydrogen (secondary N) is 1. The lowest BCUT2D eigenvalue weighted by atomic mass is 10.1. The molecule has 0 fully saturated rings. The van der Waals surface area contributed by atoms with Gasteiger partial charge in [-0.05, 0) is 22.5 Å². The van der Waals surface area contributed by atoms with Crippen molar-refractivity contribution in [3.8, 4) is 0 Å². The maximum atomic E-state index is 8.70. The van der Waals surface area contributed by atoms with Crippen LogP contribution in [0.1, 0.15) is 0 Å². The molecule has 2 aromatic rings. The first-order valence-electron chi connectivity index (χ1n) is 4.61. The molecule has 78 valence electrons. The summed E-state index contributed by atoms with van der Waals surface area (Å²) in [6.07, 6.45) is 0. The smallest absolute Gasteiger partial charge is 0.526 e. The molecule has 0 radical (unpaired) electrons. The first kappa shape index (κ1) is 10.4. The molecule has 1 heterocycles. The van der Waals surface area contributed by atoms with Gasteiger partial charge in [-0.25, -0.2) is 5.32 Å². The van der Waals surface area contributed by atoms with E-state index in [0.717, 1.165) is 22.1 Å². The number of benzene rings is 2. The molecule has 16 heavy (non-hydrogen) atoms. The number of hydrogen-bond acceptors (Lipinski definition) is 3. The monoisotopic (exact) mass is 230 g/mol. The predicted molar refractivity (Wildman–Crippen MR) is 59.7 cm³/mol. The van der Waals surface area contributed by atoms with Gasteiger partial charge in [0.25, 0.3) is 0 Å². The van der Waals surface area contributed by atoms with E-state index in [1.54, 1.807) is 0 Å². The fourth-order valence-corrected chi connectivity index (χ4v) is 1.83. The van der Waals surface area contributed by atoms with Crippen LogP contribution in [0, 0.1) is 5.39 Å². The van der Waals surface area contributed by atoms with E-state index in [4.69, 9.17) is 5.39 Å². The number of hydrogen-bond donors (Lipinski definition) is 1. The lowest BCUT2D eigenvalue weighted by Crippen LogP contribution is -3.00. The average Bonchev–Trinajstić information content (AvgIpc) is 2.29. The first-order valence-corrected chi connectivity index (χ1v) is 4.61. The fourth-order valence-electron chi connectivity index (χ4n) is 1.83. The van der Waals surface area contributed by atoms with Crippen molar-refractivity contribution in [2.45, 2.75) is 0 Å². The van der Waals surface area contributed by atoms with Crippen LogP contribution in [0.15, 0.2) is 41.4 Å². The maximum Gasteiger partial charge on any atom is 0.526 e. The highest BCUT2D eigenvalue weighted by Crippen LogP contribution is 2.35. The Balaban J connectivity index is 0.000000963. The Bertz CT molecular complexity index is 622. The van der Waals surface area contributed by atoms with E-state index in [1.165, 1.54) is 0 Å². The van der Waals surface area contributed by atoms with Crippen LogP contribution in [-0.4, -0.2) is 5.96 Å². The Morgan fingerprint density at radius 2 is 1.88 bits per heavy atom. The van der Waals surface area contributed by atoms with E-state index in [9.17, 15) is 0 Å². The number of halogens is 1. The van der Waals surface area contributed by atoms with Gasteiger partial charge >= 0.3 is 5.96 Å². The quantitative estimate of drug-likeness (QED) is 0.654.